The number of hydrogen-bond donors (Lipinski definition) is 1. The van der Waals surface area contributed by atoms with Crippen LogP contribution in [0.2, 0.25) is 0 Å². The molecule has 0 spiro atoms. The number of methoxy groups -OCH3 is 1. The second kappa shape index (κ2) is 7.87. The molecule has 1 aromatic carbocycles. The van der Waals surface area contributed by atoms with Crippen LogP contribution in [-0.2, 0) is 0 Å². The Hall–Kier alpha value is -2.08. The molecule has 2 saturated heterocycles. The van der Waals surface area contributed by atoms with Crippen molar-refractivity contribution in [3.05, 3.63) is 29.3 Å². The molecule has 0 saturated carbocycles. The molecule has 2 aliphatic rings. The Morgan fingerprint density at radius 2 is 1.76 bits per heavy atom. The second-order valence-electron chi connectivity index (χ2n) is 6.91. The average molecular weight is 346 g/mol. The van der Waals surface area contributed by atoms with Gasteiger partial charge in [0.1, 0.15) is 5.75 Å². The number of likely N-dealkylation sites (tertiary alicyclic amines) is 2. The van der Waals surface area contributed by atoms with E-state index in [1.807, 2.05) is 4.90 Å². The summed E-state index contributed by atoms with van der Waals surface area (Å²) in [7, 11) is 1.48. The molecule has 0 radical (unpaired) electrons. The van der Waals surface area contributed by atoms with E-state index in [1.165, 1.54) is 32.1 Å². The van der Waals surface area contributed by atoms with Crippen molar-refractivity contribution in [2.45, 2.75) is 38.1 Å². The van der Waals surface area contributed by atoms with E-state index in [2.05, 4.69) is 4.90 Å². The third-order valence-electron chi connectivity index (χ3n) is 5.19. The normalized spacial score (nSPS) is 21.3. The summed E-state index contributed by atoms with van der Waals surface area (Å²) in [6.07, 6.45) is 5.62. The quantitative estimate of drug-likeness (QED) is 0.887. The number of amides is 1. The van der Waals surface area contributed by atoms with Crippen LogP contribution in [0.25, 0.3) is 0 Å². The molecule has 2 fully saturated rings. The van der Waals surface area contributed by atoms with Gasteiger partial charge in [0.2, 0.25) is 0 Å². The smallest absolute Gasteiger partial charge is 0.335 e. The van der Waals surface area contributed by atoms with Crippen LogP contribution in [0.4, 0.5) is 0 Å². The molecule has 1 amide bonds. The lowest BCUT2D eigenvalue weighted by Gasteiger charge is -2.38. The van der Waals surface area contributed by atoms with Crippen LogP contribution >= 0.6 is 0 Å². The van der Waals surface area contributed by atoms with E-state index in [9.17, 15) is 14.7 Å². The van der Waals surface area contributed by atoms with E-state index >= 15 is 0 Å². The average Bonchev–Trinajstić information content (AvgIpc) is 3.14. The number of carbonyl (C=O) groups is 2. The standard InChI is InChI=1S/C19H26N2O4/c1-25-17-11-14(10-15(12-17)19(23)24)18(22)21-9-3-2-6-16(21)13-20-7-4-5-8-20/h10-12,16H,2-9,13H2,1H3,(H,23,24)/t16-/m1/s1. The minimum absolute atomic E-state index is 0.0794. The highest BCUT2D eigenvalue weighted by Crippen LogP contribution is 2.24. The van der Waals surface area contributed by atoms with Crippen molar-refractivity contribution in [2.75, 3.05) is 33.3 Å². The van der Waals surface area contributed by atoms with Gasteiger partial charge in [0.05, 0.1) is 12.7 Å². The Morgan fingerprint density at radius 1 is 1.08 bits per heavy atom. The van der Waals surface area contributed by atoms with Crippen LogP contribution in [-0.4, -0.2) is 66.1 Å². The Bertz CT molecular complexity index is 640. The molecule has 2 aliphatic heterocycles. The van der Waals surface area contributed by atoms with Crippen molar-refractivity contribution >= 4 is 11.9 Å². The van der Waals surface area contributed by atoms with Crippen LogP contribution in [0.5, 0.6) is 5.75 Å². The lowest BCUT2D eigenvalue weighted by molar-refractivity contribution is 0.0560. The predicted molar refractivity (Wildman–Crippen MR) is 94.3 cm³/mol. The largest absolute Gasteiger partial charge is 0.497 e. The Kier molecular flexibility index (Phi) is 5.58. The number of carbonyl (C=O) groups excluding carboxylic acids is 1. The Morgan fingerprint density at radius 3 is 2.44 bits per heavy atom. The number of ether oxygens (including phenoxy) is 1. The van der Waals surface area contributed by atoms with E-state index in [1.54, 1.807) is 6.07 Å². The molecule has 1 N–H and O–H groups in total. The van der Waals surface area contributed by atoms with E-state index in [0.29, 0.717) is 11.3 Å². The first-order valence-corrected chi connectivity index (χ1v) is 9.04. The Balaban J connectivity index is 1.81. The molecule has 136 valence electrons. The van der Waals surface area contributed by atoms with Gasteiger partial charge < -0.3 is 19.6 Å². The SMILES string of the molecule is COc1cc(C(=O)O)cc(C(=O)N2CCCC[C@@H]2CN2CCCC2)c1. The van der Waals surface area contributed by atoms with Gasteiger partial charge in [-0.15, -0.1) is 0 Å². The molecule has 0 aliphatic carbocycles. The third kappa shape index (κ3) is 4.12. The molecule has 1 aromatic rings. The van der Waals surface area contributed by atoms with Crippen molar-refractivity contribution in [2.24, 2.45) is 0 Å². The van der Waals surface area contributed by atoms with Gasteiger partial charge in [-0.25, -0.2) is 4.79 Å². The maximum Gasteiger partial charge on any atom is 0.335 e. The van der Waals surface area contributed by atoms with Gasteiger partial charge in [-0.1, -0.05) is 0 Å². The predicted octanol–water partition coefficient (Wildman–Crippen LogP) is 2.48. The van der Waals surface area contributed by atoms with E-state index in [4.69, 9.17) is 4.74 Å². The highest BCUT2D eigenvalue weighted by atomic mass is 16.5. The van der Waals surface area contributed by atoms with Crippen LogP contribution in [0, 0.1) is 0 Å². The molecule has 2 heterocycles. The molecule has 1 atom stereocenters. The molecule has 0 bridgehead atoms. The van der Waals surface area contributed by atoms with Gasteiger partial charge in [-0.3, -0.25) is 4.79 Å². The van der Waals surface area contributed by atoms with E-state index in [0.717, 1.165) is 45.4 Å². The number of hydrogen-bond acceptors (Lipinski definition) is 4. The van der Waals surface area contributed by atoms with Crippen LogP contribution < -0.4 is 4.74 Å². The highest BCUT2D eigenvalue weighted by molar-refractivity contribution is 5.98. The summed E-state index contributed by atoms with van der Waals surface area (Å²) in [4.78, 5) is 28.8. The Labute approximate surface area is 148 Å². The lowest BCUT2D eigenvalue weighted by atomic mass is 9.99. The van der Waals surface area contributed by atoms with Crippen molar-refractivity contribution in [3.63, 3.8) is 0 Å². The van der Waals surface area contributed by atoms with Crippen molar-refractivity contribution < 1.29 is 19.4 Å². The molecular formula is C19H26N2O4. The van der Waals surface area contributed by atoms with Gasteiger partial charge in [0.25, 0.3) is 5.91 Å². The van der Waals surface area contributed by atoms with Gasteiger partial charge >= 0.3 is 5.97 Å². The molecule has 6 nitrogen and oxygen atoms in total. The van der Waals surface area contributed by atoms with Gasteiger partial charge in [0.15, 0.2) is 0 Å². The van der Waals surface area contributed by atoms with Gasteiger partial charge in [0, 0.05) is 24.7 Å². The van der Waals surface area contributed by atoms with E-state index in [-0.39, 0.29) is 17.5 Å². The number of carboxylic acids is 1. The summed E-state index contributed by atoms with van der Waals surface area (Å²) >= 11 is 0. The fourth-order valence-corrected chi connectivity index (χ4v) is 3.85. The first kappa shape index (κ1) is 17.7. The minimum Gasteiger partial charge on any atom is -0.497 e. The zero-order chi connectivity index (χ0) is 17.8. The molecule has 3 rings (SSSR count). The fourth-order valence-electron chi connectivity index (χ4n) is 3.85. The van der Waals surface area contributed by atoms with Crippen molar-refractivity contribution in [1.82, 2.24) is 9.80 Å². The number of nitrogens with zero attached hydrogens (tertiary/aromatic N) is 2. The maximum absolute atomic E-state index is 13.1. The summed E-state index contributed by atoms with van der Waals surface area (Å²) in [5, 5.41) is 9.28. The number of aromatic carboxylic acids is 1. The number of benzene rings is 1. The van der Waals surface area contributed by atoms with E-state index < -0.39 is 5.97 Å². The van der Waals surface area contributed by atoms with Crippen molar-refractivity contribution in [3.8, 4) is 5.75 Å². The minimum atomic E-state index is -1.06. The monoisotopic (exact) mass is 346 g/mol. The molecule has 0 unspecified atom stereocenters. The molecule has 6 heteroatoms. The second-order valence-corrected chi connectivity index (χ2v) is 6.91. The fraction of sp³-hybridized carbons (Fsp3) is 0.579. The number of piperidine rings is 1. The summed E-state index contributed by atoms with van der Waals surface area (Å²) in [6.45, 7) is 3.88. The number of carboxylic acid groups (broad SMARTS) is 1. The highest BCUT2D eigenvalue weighted by Gasteiger charge is 2.30. The van der Waals surface area contributed by atoms with Crippen LogP contribution in [0.1, 0.15) is 52.8 Å². The molecule has 25 heavy (non-hydrogen) atoms. The molecular weight excluding hydrogens is 320 g/mol. The van der Waals surface area contributed by atoms with Crippen LogP contribution in [0.15, 0.2) is 18.2 Å². The topological polar surface area (TPSA) is 70.1 Å². The first-order chi connectivity index (χ1) is 12.1. The third-order valence-corrected chi connectivity index (χ3v) is 5.19. The van der Waals surface area contributed by atoms with Gasteiger partial charge in [-0.2, -0.15) is 0 Å². The van der Waals surface area contributed by atoms with Crippen LogP contribution in [0.3, 0.4) is 0 Å². The summed E-state index contributed by atoms with van der Waals surface area (Å²) in [5.41, 5.74) is 0.473. The zero-order valence-electron chi connectivity index (χ0n) is 14.7. The maximum atomic E-state index is 13.1. The zero-order valence-corrected chi connectivity index (χ0v) is 14.7. The van der Waals surface area contributed by atoms with Gasteiger partial charge in [-0.05, 0) is 63.4 Å². The summed E-state index contributed by atoms with van der Waals surface area (Å²) < 4.78 is 5.18. The molecule has 0 aromatic heterocycles. The van der Waals surface area contributed by atoms with Crippen molar-refractivity contribution in [1.29, 1.82) is 0 Å². The summed E-state index contributed by atoms with van der Waals surface area (Å²) in [5.74, 6) is -0.748. The first-order valence-electron chi connectivity index (χ1n) is 9.04. The number of rotatable bonds is 5. The summed E-state index contributed by atoms with van der Waals surface area (Å²) in [6, 6.07) is 4.74. The lowest BCUT2D eigenvalue weighted by Crippen LogP contribution is -2.49.